The third-order valence-electron chi connectivity index (χ3n) is 2.89. The molecule has 0 saturated heterocycles. The lowest BCUT2D eigenvalue weighted by Crippen LogP contribution is -2.17. The second-order valence-electron chi connectivity index (χ2n) is 4.90. The number of rotatable bonds is 6. The molecule has 0 saturated carbocycles. The van der Waals surface area contributed by atoms with E-state index in [-0.39, 0.29) is 5.91 Å². The van der Waals surface area contributed by atoms with E-state index in [1.807, 2.05) is 10.7 Å². The van der Waals surface area contributed by atoms with Gasteiger partial charge in [-0.3, -0.25) is 4.79 Å². The molecule has 1 aromatic rings. The van der Waals surface area contributed by atoms with Crippen molar-refractivity contribution in [1.82, 2.24) is 9.78 Å². The highest BCUT2D eigenvalue weighted by Gasteiger charge is 2.11. The Morgan fingerprint density at radius 2 is 2.18 bits per heavy atom. The second-order valence-corrected chi connectivity index (χ2v) is 4.90. The van der Waals surface area contributed by atoms with Crippen LogP contribution in [0.3, 0.4) is 0 Å². The number of aromatic nitrogens is 2. The summed E-state index contributed by atoms with van der Waals surface area (Å²) in [6, 6.07) is 2.16. The van der Waals surface area contributed by atoms with Gasteiger partial charge >= 0.3 is 0 Å². The van der Waals surface area contributed by atoms with Gasteiger partial charge in [0.15, 0.2) is 0 Å². The molecule has 0 aliphatic heterocycles. The van der Waals surface area contributed by atoms with Crippen LogP contribution in [0.5, 0.6) is 0 Å². The molecule has 1 aromatic heterocycles. The fraction of sp³-hybridized carbons (Fsp3) is 0.692. The Labute approximate surface area is 103 Å². The maximum absolute atomic E-state index is 11.7. The van der Waals surface area contributed by atoms with E-state index in [9.17, 15) is 4.79 Å². The monoisotopic (exact) mass is 237 g/mol. The molecule has 0 aromatic carbocycles. The van der Waals surface area contributed by atoms with Gasteiger partial charge in [0, 0.05) is 12.5 Å². The van der Waals surface area contributed by atoms with Crippen molar-refractivity contribution >= 4 is 11.7 Å². The number of carbonyl (C=O) groups is 1. The van der Waals surface area contributed by atoms with Gasteiger partial charge in [-0.15, -0.1) is 0 Å². The van der Waals surface area contributed by atoms with Crippen molar-refractivity contribution in [1.29, 1.82) is 0 Å². The Morgan fingerprint density at radius 3 is 2.76 bits per heavy atom. The van der Waals surface area contributed by atoms with E-state index >= 15 is 0 Å². The summed E-state index contributed by atoms with van der Waals surface area (Å²) in [4.78, 5) is 11.7. The van der Waals surface area contributed by atoms with Crippen LogP contribution in [0.1, 0.15) is 53.0 Å². The van der Waals surface area contributed by atoms with Crippen molar-refractivity contribution in [3.05, 3.63) is 12.3 Å². The Hall–Kier alpha value is -1.32. The molecule has 1 rings (SSSR count). The van der Waals surface area contributed by atoms with Crippen LogP contribution in [0.2, 0.25) is 0 Å². The topological polar surface area (TPSA) is 46.9 Å². The number of amides is 1. The molecule has 0 spiro atoms. The minimum Gasteiger partial charge on any atom is -0.311 e. The molecule has 0 aliphatic rings. The summed E-state index contributed by atoms with van der Waals surface area (Å²) in [6.07, 6.45) is 4.22. The second kappa shape index (κ2) is 6.42. The highest BCUT2D eigenvalue weighted by atomic mass is 16.1. The van der Waals surface area contributed by atoms with E-state index in [0.717, 1.165) is 18.7 Å². The van der Waals surface area contributed by atoms with E-state index < -0.39 is 0 Å². The fourth-order valence-electron chi connectivity index (χ4n) is 1.56. The number of nitrogens with zero attached hydrogens (tertiary/aromatic N) is 2. The molecule has 96 valence electrons. The molecule has 0 fully saturated rings. The lowest BCUT2D eigenvalue weighted by molar-refractivity contribution is -0.116. The van der Waals surface area contributed by atoms with E-state index in [0.29, 0.717) is 18.4 Å². The molecular weight excluding hydrogens is 214 g/mol. The Morgan fingerprint density at radius 1 is 1.47 bits per heavy atom. The Kier molecular flexibility index (Phi) is 5.19. The van der Waals surface area contributed by atoms with Gasteiger partial charge in [-0.2, -0.15) is 5.10 Å². The maximum Gasteiger partial charge on any atom is 0.225 e. The van der Waals surface area contributed by atoms with Crippen molar-refractivity contribution in [3.8, 4) is 0 Å². The number of nitrogens with one attached hydrogen (secondary N) is 1. The van der Waals surface area contributed by atoms with E-state index in [1.54, 1.807) is 6.20 Å². The normalized spacial score (nSPS) is 12.8. The van der Waals surface area contributed by atoms with Gasteiger partial charge in [-0.25, -0.2) is 4.68 Å². The predicted octanol–water partition coefficient (Wildman–Crippen LogP) is 3.23. The maximum atomic E-state index is 11.7. The van der Waals surface area contributed by atoms with Gasteiger partial charge in [0.25, 0.3) is 0 Å². The van der Waals surface area contributed by atoms with Crippen LogP contribution in [0.15, 0.2) is 12.3 Å². The van der Waals surface area contributed by atoms with Crippen LogP contribution in [-0.4, -0.2) is 15.7 Å². The third kappa shape index (κ3) is 4.21. The predicted molar refractivity (Wildman–Crippen MR) is 69.9 cm³/mol. The van der Waals surface area contributed by atoms with Crippen LogP contribution >= 0.6 is 0 Å². The fourth-order valence-corrected chi connectivity index (χ4v) is 1.56. The first-order valence-corrected chi connectivity index (χ1v) is 6.38. The zero-order chi connectivity index (χ0) is 12.8. The van der Waals surface area contributed by atoms with Crippen LogP contribution in [0, 0.1) is 5.92 Å². The van der Waals surface area contributed by atoms with Gasteiger partial charge < -0.3 is 5.32 Å². The van der Waals surface area contributed by atoms with Crippen molar-refractivity contribution in [2.24, 2.45) is 5.92 Å². The van der Waals surface area contributed by atoms with Crippen LogP contribution in [0.25, 0.3) is 0 Å². The minimum absolute atomic E-state index is 0.0729. The number of hydrogen-bond acceptors (Lipinski definition) is 2. The average molecular weight is 237 g/mol. The largest absolute Gasteiger partial charge is 0.311 e. The summed E-state index contributed by atoms with van der Waals surface area (Å²) in [5, 5.41) is 7.16. The molecule has 1 N–H and O–H groups in total. The van der Waals surface area contributed by atoms with Gasteiger partial charge in [0.1, 0.15) is 5.82 Å². The molecule has 1 unspecified atom stereocenters. The average Bonchev–Trinajstić information content (AvgIpc) is 2.73. The third-order valence-corrected chi connectivity index (χ3v) is 2.89. The highest BCUT2D eigenvalue weighted by molar-refractivity contribution is 5.89. The van der Waals surface area contributed by atoms with Gasteiger partial charge in [0.05, 0.1) is 12.2 Å². The van der Waals surface area contributed by atoms with Gasteiger partial charge in [-0.05, 0) is 25.7 Å². The molecule has 17 heavy (non-hydrogen) atoms. The SMILES string of the molecule is CCC(C)n1nccc1NC(=O)CCC(C)C. The van der Waals surface area contributed by atoms with E-state index in [1.165, 1.54) is 0 Å². The minimum atomic E-state index is 0.0729. The Bertz CT molecular complexity index is 357. The summed E-state index contributed by atoms with van der Waals surface area (Å²) < 4.78 is 1.87. The molecule has 1 heterocycles. The summed E-state index contributed by atoms with van der Waals surface area (Å²) in [5.74, 6) is 1.43. The molecule has 0 bridgehead atoms. The molecular formula is C13H23N3O. The molecule has 0 aliphatic carbocycles. The smallest absolute Gasteiger partial charge is 0.225 e. The first-order valence-electron chi connectivity index (χ1n) is 6.38. The zero-order valence-corrected chi connectivity index (χ0v) is 11.2. The lowest BCUT2D eigenvalue weighted by atomic mass is 10.1. The van der Waals surface area contributed by atoms with Crippen molar-refractivity contribution in [2.75, 3.05) is 5.32 Å². The first-order chi connectivity index (χ1) is 8.04. The highest BCUT2D eigenvalue weighted by Crippen LogP contribution is 2.16. The number of anilines is 1. The molecule has 0 radical (unpaired) electrons. The van der Waals surface area contributed by atoms with E-state index in [4.69, 9.17) is 0 Å². The van der Waals surface area contributed by atoms with Crippen LogP contribution in [0.4, 0.5) is 5.82 Å². The molecule has 4 nitrogen and oxygen atoms in total. The number of hydrogen-bond donors (Lipinski definition) is 1. The molecule has 1 atom stereocenters. The standard InChI is InChI=1S/C13H23N3O/c1-5-11(4)16-12(8-9-14-16)15-13(17)7-6-10(2)3/h8-11H,5-7H2,1-4H3,(H,15,17). The molecule has 4 heteroatoms. The van der Waals surface area contributed by atoms with Crippen molar-refractivity contribution in [3.63, 3.8) is 0 Å². The number of carbonyl (C=O) groups excluding carboxylic acids is 1. The lowest BCUT2D eigenvalue weighted by Gasteiger charge is -2.14. The Balaban J connectivity index is 2.56. The van der Waals surface area contributed by atoms with E-state index in [2.05, 4.69) is 38.1 Å². The van der Waals surface area contributed by atoms with Crippen LogP contribution in [-0.2, 0) is 4.79 Å². The summed E-state index contributed by atoms with van der Waals surface area (Å²) >= 11 is 0. The summed E-state index contributed by atoms with van der Waals surface area (Å²) in [5.41, 5.74) is 0. The van der Waals surface area contributed by atoms with Crippen LogP contribution < -0.4 is 5.32 Å². The van der Waals surface area contributed by atoms with Crippen molar-refractivity contribution in [2.45, 2.75) is 53.0 Å². The molecule has 1 amide bonds. The van der Waals surface area contributed by atoms with Crippen molar-refractivity contribution < 1.29 is 4.79 Å². The summed E-state index contributed by atoms with van der Waals surface area (Å²) in [6.45, 7) is 8.45. The first kappa shape index (κ1) is 13.7. The quantitative estimate of drug-likeness (QED) is 0.825. The van der Waals surface area contributed by atoms with Gasteiger partial charge in [0.2, 0.25) is 5.91 Å². The van der Waals surface area contributed by atoms with Gasteiger partial charge in [-0.1, -0.05) is 20.8 Å². The zero-order valence-electron chi connectivity index (χ0n) is 11.2. The summed E-state index contributed by atoms with van der Waals surface area (Å²) in [7, 11) is 0.